The lowest BCUT2D eigenvalue weighted by Gasteiger charge is -2.25. The first kappa shape index (κ1) is 46.2. The van der Waals surface area contributed by atoms with E-state index in [0.29, 0.717) is 18.8 Å². The van der Waals surface area contributed by atoms with Crippen LogP contribution in [0.4, 0.5) is 5.69 Å². The van der Waals surface area contributed by atoms with Gasteiger partial charge in [0.05, 0.1) is 65.5 Å². The van der Waals surface area contributed by atoms with Crippen LogP contribution in [-0.4, -0.2) is 92.0 Å². The number of anilines is 1. The van der Waals surface area contributed by atoms with Crippen molar-refractivity contribution in [1.82, 2.24) is 0 Å². The molecule has 1 heterocycles. The molecule has 318 valence electrons. The number of methoxy groups -OCH3 is 4. The zero-order valence-corrected chi connectivity index (χ0v) is 36.6. The first-order chi connectivity index (χ1) is 27.6. The third-order valence-electron chi connectivity index (χ3n) is 9.23. The molecule has 0 radical (unpaired) electrons. The van der Waals surface area contributed by atoms with Gasteiger partial charge >= 0.3 is 5.97 Å². The summed E-state index contributed by atoms with van der Waals surface area (Å²) in [6.07, 6.45) is 2.29. The summed E-state index contributed by atoms with van der Waals surface area (Å²) in [6.45, 7) is 13.0. The van der Waals surface area contributed by atoms with Crippen LogP contribution in [0.5, 0.6) is 23.0 Å². The van der Waals surface area contributed by atoms with E-state index in [0.717, 1.165) is 28.7 Å². The monoisotopic (exact) mass is 823 g/mol. The minimum atomic E-state index is -1.50. The normalized spacial score (nSPS) is 17.4. The Labute approximate surface area is 344 Å². The van der Waals surface area contributed by atoms with Crippen LogP contribution in [-0.2, 0) is 46.4 Å². The lowest BCUT2D eigenvalue weighted by atomic mass is 10.0. The van der Waals surface area contributed by atoms with Gasteiger partial charge in [0.2, 0.25) is 5.91 Å². The summed E-state index contributed by atoms with van der Waals surface area (Å²) in [7, 11) is 4.71. The lowest BCUT2D eigenvalue weighted by molar-refractivity contribution is -0.157. The van der Waals surface area contributed by atoms with Crippen LogP contribution in [0, 0.1) is 0 Å². The fourth-order valence-electron chi connectivity index (χ4n) is 6.07. The molecule has 0 aromatic heterocycles. The zero-order valence-electron chi connectivity index (χ0n) is 35.6. The molecular formula is C44H61NO12Si. The topological polar surface area (TPSA) is 138 Å². The lowest BCUT2D eigenvalue weighted by Crippen LogP contribution is -2.38. The van der Waals surface area contributed by atoms with E-state index < -0.39 is 44.0 Å². The van der Waals surface area contributed by atoms with Gasteiger partial charge in [0.15, 0.2) is 12.6 Å². The highest BCUT2D eigenvalue weighted by Crippen LogP contribution is 2.36. The number of amides is 1. The third kappa shape index (κ3) is 14.7. The molecule has 3 aromatic rings. The van der Waals surface area contributed by atoms with Crippen LogP contribution >= 0.6 is 0 Å². The average Bonchev–Trinajstić information content (AvgIpc) is 3.49. The van der Waals surface area contributed by atoms with E-state index in [1.807, 2.05) is 67.6 Å². The second-order valence-electron chi connectivity index (χ2n) is 15.7. The van der Waals surface area contributed by atoms with Gasteiger partial charge in [0, 0.05) is 27.3 Å². The Balaban J connectivity index is 1.55. The van der Waals surface area contributed by atoms with E-state index in [4.69, 9.17) is 47.4 Å². The summed E-state index contributed by atoms with van der Waals surface area (Å²) in [6, 6.07) is 19.3. The van der Waals surface area contributed by atoms with Crippen LogP contribution in [0.15, 0.2) is 72.8 Å². The van der Waals surface area contributed by atoms with Crippen molar-refractivity contribution in [2.24, 2.45) is 0 Å². The van der Waals surface area contributed by atoms with Crippen molar-refractivity contribution in [3.63, 3.8) is 0 Å². The molecule has 4 rings (SSSR count). The minimum Gasteiger partial charge on any atom is -0.497 e. The summed E-state index contributed by atoms with van der Waals surface area (Å²) >= 11 is 0. The summed E-state index contributed by atoms with van der Waals surface area (Å²) in [5.41, 5.74) is 2.18. The third-order valence-corrected chi connectivity index (χ3v) is 10.9. The van der Waals surface area contributed by atoms with Crippen molar-refractivity contribution >= 4 is 25.6 Å². The van der Waals surface area contributed by atoms with Gasteiger partial charge < -0.3 is 52.7 Å². The van der Waals surface area contributed by atoms with E-state index in [2.05, 4.69) is 25.0 Å². The molecule has 13 nitrogen and oxygen atoms in total. The van der Waals surface area contributed by atoms with E-state index in [1.54, 1.807) is 40.2 Å². The second kappa shape index (κ2) is 22.1. The van der Waals surface area contributed by atoms with E-state index in [1.165, 1.54) is 14.2 Å². The number of benzene rings is 3. The molecule has 1 amide bonds. The van der Waals surface area contributed by atoms with Gasteiger partial charge in [0.1, 0.15) is 40.8 Å². The molecule has 1 fully saturated rings. The quantitative estimate of drug-likeness (QED) is 0.0427. The Hall–Kier alpha value is -4.44. The van der Waals surface area contributed by atoms with Gasteiger partial charge in [-0.25, -0.2) is 4.79 Å². The highest BCUT2D eigenvalue weighted by atomic mass is 28.3. The molecule has 58 heavy (non-hydrogen) atoms. The molecule has 1 saturated heterocycles. The summed E-state index contributed by atoms with van der Waals surface area (Å²) in [5, 5.41) is 2.90. The number of ether oxygens (including phenoxy) is 10. The SMILES string of the molecule is COCOc1cc(OC)cc(NC(=O)C[C@@H]2OC(C)(C)O[C@@H]2C(/C=C\C[C@@H](C)OCc2ccc(OC)cc2)OCc2ccc(OC)cc2)c1C(=O)OCC[Si](C)(C)C. The van der Waals surface area contributed by atoms with Gasteiger partial charge in [0.25, 0.3) is 0 Å². The van der Waals surface area contributed by atoms with Crippen LogP contribution < -0.4 is 24.3 Å². The van der Waals surface area contributed by atoms with Crippen LogP contribution in [0.1, 0.15) is 55.1 Å². The summed E-state index contributed by atoms with van der Waals surface area (Å²) in [5.74, 6) is -0.0645. The molecule has 1 aliphatic heterocycles. The van der Waals surface area contributed by atoms with Crippen molar-refractivity contribution < 1.29 is 57.0 Å². The molecule has 1 aliphatic rings. The number of rotatable bonds is 23. The van der Waals surface area contributed by atoms with Crippen LogP contribution in [0.25, 0.3) is 0 Å². The van der Waals surface area contributed by atoms with Crippen molar-refractivity contribution in [3.05, 3.63) is 89.5 Å². The fraction of sp³-hybridized carbons (Fsp3) is 0.500. The predicted molar refractivity (Wildman–Crippen MR) is 224 cm³/mol. The van der Waals surface area contributed by atoms with Crippen molar-refractivity contribution in [1.29, 1.82) is 0 Å². The molecule has 0 aliphatic carbocycles. The van der Waals surface area contributed by atoms with Gasteiger partial charge in [-0.15, -0.1) is 0 Å². The van der Waals surface area contributed by atoms with Gasteiger partial charge in [-0.2, -0.15) is 0 Å². The molecular weight excluding hydrogens is 763 g/mol. The summed E-state index contributed by atoms with van der Waals surface area (Å²) in [4.78, 5) is 27.6. The number of hydrogen-bond acceptors (Lipinski definition) is 12. The largest absolute Gasteiger partial charge is 0.497 e. The average molecular weight is 824 g/mol. The van der Waals surface area contributed by atoms with E-state index in [9.17, 15) is 9.59 Å². The number of carbonyl (C=O) groups is 2. The van der Waals surface area contributed by atoms with E-state index in [-0.39, 0.29) is 49.5 Å². The first-order valence-electron chi connectivity index (χ1n) is 19.5. The second-order valence-corrected chi connectivity index (χ2v) is 21.3. The number of nitrogens with one attached hydrogen (secondary N) is 1. The van der Waals surface area contributed by atoms with Gasteiger partial charge in [-0.3, -0.25) is 4.79 Å². The Morgan fingerprint density at radius 3 is 2.02 bits per heavy atom. The maximum atomic E-state index is 14.0. The number of carbonyl (C=O) groups excluding carboxylic acids is 2. The minimum absolute atomic E-state index is 0.0502. The molecule has 3 aromatic carbocycles. The zero-order chi connectivity index (χ0) is 42.3. The molecule has 14 heteroatoms. The smallest absolute Gasteiger partial charge is 0.344 e. The first-order valence-corrected chi connectivity index (χ1v) is 23.2. The maximum Gasteiger partial charge on any atom is 0.344 e. The molecule has 1 N–H and O–H groups in total. The maximum absolute atomic E-state index is 14.0. The molecule has 1 unspecified atom stereocenters. The van der Waals surface area contributed by atoms with Crippen molar-refractivity contribution in [2.45, 2.75) is 103 Å². The van der Waals surface area contributed by atoms with Crippen molar-refractivity contribution in [2.75, 3.05) is 47.2 Å². The highest BCUT2D eigenvalue weighted by molar-refractivity contribution is 6.76. The Morgan fingerprint density at radius 1 is 0.845 bits per heavy atom. The van der Waals surface area contributed by atoms with Gasteiger partial charge in [-0.1, -0.05) is 56.1 Å². The van der Waals surface area contributed by atoms with E-state index >= 15 is 0 Å². The molecule has 0 bridgehead atoms. The Kier molecular flexibility index (Phi) is 17.6. The highest BCUT2D eigenvalue weighted by Gasteiger charge is 2.46. The van der Waals surface area contributed by atoms with Crippen molar-refractivity contribution in [3.8, 4) is 23.0 Å². The Morgan fingerprint density at radius 2 is 1.45 bits per heavy atom. The molecule has 4 atom stereocenters. The van der Waals surface area contributed by atoms with Crippen LogP contribution in [0.2, 0.25) is 25.7 Å². The predicted octanol–water partition coefficient (Wildman–Crippen LogP) is 8.18. The van der Waals surface area contributed by atoms with Crippen LogP contribution in [0.3, 0.4) is 0 Å². The molecule has 0 spiro atoms. The Bertz CT molecular complexity index is 1770. The standard InChI is InChI=1S/C44H61NO12Si/c1-30(53-27-31-14-18-33(49-5)19-15-31)12-11-13-37(54-28-32-16-20-34(50-6)21-17-32)42-39(56-44(2,3)57-42)26-40(46)45-36-24-35(51-7)25-38(55-29-48-4)41(36)43(47)52-22-23-58(8,9)10/h11,13-21,24-25,30,37,39,42H,12,22-23,26-29H2,1-10H3,(H,45,46)/b13-11-/t30-,37?,39+,42-/m1/s1. The molecule has 0 saturated carbocycles. The number of esters is 1. The van der Waals surface area contributed by atoms with Gasteiger partial charge in [-0.05, 0) is 68.6 Å². The fourth-order valence-corrected chi connectivity index (χ4v) is 6.78. The number of hydrogen-bond donors (Lipinski definition) is 1. The summed E-state index contributed by atoms with van der Waals surface area (Å²) < 4.78 is 58.1.